The molecule has 3 rings (SSSR count). The fourth-order valence-corrected chi connectivity index (χ4v) is 3.49. The second kappa shape index (κ2) is 9.55. The molecule has 2 heterocycles. The largest absolute Gasteiger partial charge is 0.493 e. The Kier molecular flexibility index (Phi) is 7.07. The average Bonchev–Trinajstić information content (AvgIpc) is 2.72. The van der Waals surface area contributed by atoms with Gasteiger partial charge in [-0.1, -0.05) is 6.07 Å². The smallest absolute Gasteiger partial charge is 0.417 e. The second-order valence-corrected chi connectivity index (χ2v) is 7.70. The quantitative estimate of drug-likeness (QED) is 0.702. The van der Waals surface area contributed by atoms with E-state index in [1.165, 1.54) is 6.07 Å². The number of piperidine rings is 1. The van der Waals surface area contributed by atoms with Crippen molar-refractivity contribution in [2.24, 2.45) is 0 Å². The third kappa shape index (κ3) is 5.78. The Morgan fingerprint density at radius 2 is 1.87 bits per heavy atom. The number of aromatic nitrogens is 1. The highest BCUT2D eigenvalue weighted by Gasteiger charge is 2.31. The van der Waals surface area contributed by atoms with E-state index in [-0.39, 0.29) is 6.10 Å². The number of hydrogen-bond donors (Lipinski definition) is 1. The molecule has 0 bridgehead atoms. The third-order valence-electron chi connectivity index (χ3n) is 5.08. The van der Waals surface area contributed by atoms with Gasteiger partial charge in [0.15, 0.2) is 11.5 Å². The van der Waals surface area contributed by atoms with E-state index in [1.54, 1.807) is 7.11 Å². The molecule has 5 nitrogen and oxygen atoms in total. The number of ether oxygens (including phenoxy) is 2. The van der Waals surface area contributed by atoms with Gasteiger partial charge >= 0.3 is 6.18 Å². The maximum absolute atomic E-state index is 12.7. The van der Waals surface area contributed by atoms with Crippen molar-refractivity contribution in [3.8, 4) is 11.5 Å². The van der Waals surface area contributed by atoms with E-state index >= 15 is 0 Å². The Hall–Kier alpha value is -2.48. The monoisotopic (exact) mass is 423 g/mol. The van der Waals surface area contributed by atoms with Crippen molar-refractivity contribution >= 4 is 5.82 Å². The Bertz CT molecular complexity index is 817. The van der Waals surface area contributed by atoms with E-state index in [9.17, 15) is 13.2 Å². The minimum absolute atomic E-state index is 0.0761. The van der Waals surface area contributed by atoms with E-state index in [2.05, 4.69) is 10.3 Å². The van der Waals surface area contributed by atoms with Crippen LogP contribution in [0.15, 0.2) is 36.5 Å². The number of hydrogen-bond acceptors (Lipinski definition) is 5. The summed E-state index contributed by atoms with van der Waals surface area (Å²) in [6, 6.07) is 8.80. The summed E-state index contributed by atoms with van der Waals surface area (Å²) in [6.07, 6.45) is -1.58. The lowest BCUT2D eigenvalue weighted by atomic mass is 10.0. The lowest BCUT2D eigenvalue weighted by molar-refractivity contribution is -0.137. The number of halogens is 3. The number of rotatable bonds is 7. The van der Waals surface area contributed by atoms with E-state index in [1.807, 2.05) is 36.9 Å². The van der Waals surface area contributed by atoms with Gasteiger partial charge < -0.3 is 19.7 Å². The molecule has 0 aliphatic carbocycles. The number of anilines is 1. The highest BCUT2D eigenvalue weighted by molar-refractivity contribution is 5.43. The molecule has 30 heavy (non-hydrogen) atoms. The Morgan fingerprint density at radius 3 is 2.43 bits per heavy atom. The normalized spacial score (nSPS) is 15.5. The highest BCUT2D eigenvalue weighted by Crippen LogP contribution is 2.30. The fourth-order valence-electron chi connectivity index (χ4n) is 3.49. The second-order valence-electron chi connectivity index (χ2n) is 7.70. The SMILES string of the molecule is COc1cc(CNC2CCN(c3ccc(C(F)(F)F)cn3)CC2)ccc1OC(C)C. The third-order valence-corrected chi connectivity index (χ3v) is 5.08. The van der Waals surface area contributed by atoms with Crippen molar-refractivity contribution in [3.63, 3.8) is 0 Å². The van der Waals surface area contributed by atoms with Crippen molar-refractivity contribution in [2.45, 2.75) is 51.6 Å². The van der Waals surface area contributed by atoms with E-state index in [4.69, 9.17) is 9.47 Å². The van der Waals surface area contributed by atoms with E-state index in [0.717, 1.165) is 49.5 Å². The fraction of sp³-hybridized carbons (Fsp3) is 0.500. The highest BCUT2D eigenvalue weighted by atomic mass is 19.4. The zero-order valence-electron chi connectivity index (χ0n) is 17.5. The first-order valence-corrected chi connectivity index (χ1v) is 10.1. The van der Waals surface area contributed by atoms with Gasteiger partial charge in [-0.3, -0.25) is 0 Å². The molecule has 164 valence electrons. The summed E-state index contributed by atoms with van der Waals surface area (Å²) in [6.45, 7) is 6.16. The van der Waals surface area contributed by atoms with Gasteiger partial charge in [0.2, 0.25) is 0 Å². The van der Waals surface area contributed by atoms with E-state index < -0.39 is 11.7 Å². The molecule has 0 saturated carbocycles. The summed E-state index contributed by atoms with van der Waals surface area (Å²) in [5.74, 6) is 2.03. The van der Waals surface area contributed by atoms with Crippen LogP contribution in [0.3, 0.4) is 0 Å². The predicted molar refractivity (Wildman–Crippen MR) is 110 cm³/mol. The molecular formula is C22H28F3N3O2. The molecule has 0 atom stereocenters. The topological polar surface area (TPSA) is 46.6 Å². The average molecular weight is 423 g/mol. The van der Waals surface area contributed by atoms with Crippen LogP contribution in [-0.2, 0) is 12.7 Å². The zero-order chi connectivity index (χ0) is 21.7. The van der Waals surface area contributed by atoms with Crippen LogP contribution in [0.5, 0.6) is 11.5 Å². The standard InChI is InChI=1S/C22H28F3N3O2/c1-15(2)30-19-6-4-16(12-20(19)29-3)13-26-18-8-10-28(11-9-18)21-7-5-17(14-27-21)22(23,24)25/h4-7,12,14-15,18,26H,8-11,13H2,1-3H3. The van der Waals surface area contributed by atoms with Gasteiger partial charge in [0, 0.05) is 31.9 Å². The number of pyridine rings is 1. The lowest BCUT2D eigenvalue weighted by Crippen LogP contribution is -2.42. The van der Waals surface area contributed by atoms with Crippen LogP contribution in [0, 0.1) is 0 Å². The molecule has 1 saturated heterocycles. The lowest BCUT2D eigenvalue weighted by Gasteiger charge is -2.33. The Morgan fingerprint density at radius 1 is 1.13 bits per heavy atom. The van der Waals surface area contributed by atoms with Crippen LogP contribution in [-0.4, -0.2) is 37.3 Å². The Labute approximate surface area is 175 Å². The molecule has 1 fully saturated rings. The van der Waals surface area contributed by atoms with Crippen LogP contribution in [0.25, 0.3) is 0 Å². The molecule has 2 aromatic rings. The van der Waals surface area contributed by atoms with Gasteiger partial charge in [0.25, 0.3) is 0 Å². The minimum atomic E-state index is -4.36. The Balaban J connectivity index is 1.50. The summed E-state index contributed by atoms with van der Waals surface area (Å²) in [4.78, 5) is 6.02. The van der Waals surface area contributed by atoms with Crippen molar-refractivity contribution in [1.29, 1.82) is 0 Å². The molecule has 1 aromatic carbocycles. The summed E-state index contributed by atoms with van der Waals surface area (Å²) in [7, 11) is 1.63. The molecule has 0 spiro atoms. The van der Waals surface area contributed by atoms with Gasteiger partial charge in [-0.2, -0.15) is 13.2 Å². The first kappa shape index (κ1) is 22.2. The maximum Gasteiger partial charge on any atom is 0.417 e. The molecule has 1 aliphatic rings. The van der Waals surface area contributed by atoms with Gasteiger partial charge in [-0.05, 0) is 56.5 Å². The minimum Gasteiger partial charge on any atom is -0.493 e. The maximum atomic E-state index is 12.7. The van der Waals surface area contributed by atoms with Crippen molar-refractivity contribution < 1.29 is 22.6 Å². The van der Waals surface area contributed by atoms with Crippen LogP contribution < -0.4 is 19.7 Å². The van der Waals surface area contributed by atoms with E-state index in [0.29, 0.717) is 24.2 Å². The molecule has 0 radical (unpaired) electrons. The first-order valence-electron chi connectivity index (χ1n) is 10.1. The molecule has 0 amide bonds. The summed E-state index contributed by atoms with van der Waals surface area (Å²) < 4.78 is 49.2. The van der Waals surface area contributed by atoms with Gasteiger partial charge in [-0.15, -0.1) is 0 Å². The molecule has 1 aliphatic heterocycles. The van der Waals surface area contributed by atoms with Crippen LogP contribution >= 0.6 is 0 Å². The number of alkyl halides is 3. The molecule has 1 aromatic heterocycles. The van der Waals surface area contributed by atoms with Gasteiger partial charge in [-0.25, -0.2) is 4.98 Å². The number of methoxy groups -OCH3 is 1. The van der Waals surface area contributed by atoms with Crippen LogP contribution in [0.2, 0.25) is 0 Å². The molecular weight excluding hydrogens is 395 g/mol. The zero-order valence-corrected chi connectivity index (χ0v) is 17.5. The molecule has 0 unspecified atom stereocenters. The van der Waals surface area contributed by atoms with Crippen LogP contribution in [0.1, 0.15) is 37.8 Å². The first-order chi connectivity index (χ1) is 14.3. The summed E-state index contributed by atoms with van der Waals surface area (Å²) in [5, 5.41) is 3.56. The summed E-state index contributed by atoms with van der Waals surface area (Å²) >= 11 is 0. The van der Waals surface area contributed by atoms with Crippen LogP contribution in [0.4, 0.5) is 19.0 Å². The van der Waals surface area contributed by atoms with Gasteiger partial charge in [0.05, 0.1) is 18.8 Å². The number of benzene rings is 1. The van der Waals surface area contributed by atoms with Crippen molar-refractivity contribution in [1.82, 2.24) is 10.3 Å². The van der Waals surface area contributed by atoms with Crippen molar-refractivity contribution in [2.75, 3.05) is 25.1 Å². The predicted octanol–water partition coefficient (Wildman–Crippen LogP) is 4.65. The number of nitrogens with zero attached hydrogens (tertiary/aromatic N) is 2. The molecule has 8 heteroatoms. The molecule has 1 N–H and O–H groups in total. The number of nitrogens with one attached hydrogen (secondary N) is 1. The summed E-state index contributed by atoms with van der Waals surface area (Å²) in [5.41, 5.74) is 0.387. The van der Waals surface area contributed by atoms with Gasteiger partial charge in [0.1, 0.15) is 5.82 Å². The van der Waals surface area contributed by atoms with Crippen molar-refractivity contribution in [3.05, 3.63) is 47.7 Å².